The number of halogens is 4. The van der Waals surface area contributed by atoms with Gasteiger partial charge in [0.15, 0.2) is 17.3 Å². The Bertz CT molecular complexity index is 1380. The van der Waals surface area contributed by atoms with Crippen LogP contribution in [0.1, 0.15) is 44.1 Å². The number of anilines is 1. The number of fused-ring (bicyclic) bond motifs is 1. The Labute approximate surface area is 231 Å². The molecule has 1 N–H and O–H groups in total. The van der Waals surface area contributed by atoms with E-state index in [4.69, 9.17) is 33.2 Å². The lowest BCUT2D eigenvalue weighted by Gasteiger charge is -2.26. The van der Waals surface area contributed by atoms with Gasteiger partial charge < -0.3 is 14.8 Å². The quantitative estimate of drug-likeness (QED) is 0.206. The largest absolute Gasteiger partial charge is 0.350 e. The van der Waals surface area contributed by atoms with E-state index >= 15 is 0 Å². The normalized spacial score (nSPS) is 14.3. The SMILES string of the molecule is Fc1ccc(CNc2ncc3nc(-c4c(Cl)cccc4Cl)n(CCCCCN4CCCCC4)c3n2)cc1F. The number of aromatic nitrogens is 4. The zero-order valence-electron chi connectivity index (χ0n) is 21.1. The zero-order chi connectivity index (χ0) is 26.5. The minimum absolute atomic E-state index is 0.247. The van der Waals surface area contributed by atoms with Crippen LogP contribution in [0.25, 0.3) is 22.6 Å². The van der Waals surface area contributed by atoms with E-state index in [0.717, 1.165) is 37.9 Å². The van der Waals surface area contributed by atoms with Crippen LogP contribution >= 0.6 is 23.2 Å². The molecule has 0 aliphatic carbocycles. The lowest BCUT2D eigenvalue weighted by molar-refractivity contribution is 0.224. The van der Waals surface area contributed by atoms with Crippen LogP contribution in [0.4, 0.5) is 14.7 Å². The number of unbranched alkanes of at least 4 members (excludes halogenated alkanes) is 2. The van der Waals surface area contributed by atoms with Gasteiger partial charge in [-0.15, -0.1) is 0 Å². The van der Waals surface area contributed by atoms with Gasteiger partial charge in [0.05, 0.1) is 21.8 Å². The molecule has 0 atom stereocenters. The maximum Gasteiger partial charge on any atom is 0.225 e. The van der Waals surface area contributed by atoms with E-state index in [0.29, 0.717) is 50.7 Å². The molecule has 200 valence electrons. The van der Waals surface area contributed by atoms with Gasteiger partial charge in [-0.2, -0.15) is 4.98 Å². The highest BCUT2D eigenvalue weighted by molar-refractivity contribution is 6.39. The lowest BCUT2D eigenvalue weighted by Crippen LogP contribution is -2.30. The van der Waals surface area contributed by atoms with Crippen molar-refractivity contribution in [1.29, 1.82) is 0 Å². The number of hydrogen-bond donors (Lipinski definition) is 1. The first kappa shape index (κ1) is 26.8. The summed E-state index contributed by atoms with van der Waals surface area (Å²) >= 11 is 13.1. The Morgan fingerprint density at radius 3 is 2.39 bits per heavy atom. The summed E-state index contributed by atoms with van der Waals surface area (Å²) in [5.41, 5.74) is 2.54. The van der Waals surface area contributed by atoms with Crippen molar-refractivity contribution in [2.75, 3.05) is 25.0 Å². The van der Waals surface area contributed by atoms with Crippen molar-refractivity contribution >= 4 is 40.3 Å². The van der Waals surface area contributed by atoms with E-state index < -0.39 is 11.6 Å². The number of nitrogens with zero attached hydrogens (tertiary/aromatic N) is 5. The molecule has 1 aliphatic heterocycles. The average Bonchev–Trinajstić information content (AvgIpc) is 3.27. The molecule has 0 unspecified atom stereocenters. The third-order valence-electron chi connectivity index (χ3n) is 6.91. The highest BCUT2D eigenvalue weighted by Gasteiger charge is 2.20. The highest BCUT2D eigenvalue weighted by atomic mass is 35.5. The van der Waals surface area contributed by atoms with Crippen LogP contribution in [0.3, 0.4) is 0 Å². The van der Waals surface area contributed by atoms with E-state index in [-0.39, 0.29) is 6.54 Å². The Morgan fingerprint density at radius 1 is 0.868 bits per heavy atom. The summed E-state index contributed by atoms with van der Waals surface area (Å²) in [5, 5.41) is 4.14. The van der Waals surface area contributed by atoms with Crippen molar-refractivity contribution in [1.82, 2.24) is 24.4 Å². The molecule has 10 heteroatoms. The van der Waals surface area contributed by atoms with Crippen molar-refractivity contribution in [2.45, 2.75) is 51.6 Å². The van der Waals surface area contributed by atoms with Gasteiger partial charge in [-0.1, -0.05) is 48.2 Å². The van der Waals surface area contributed by atoms with Gasteiger partial charge in [0.25, 0.3) is 0 Å². The molecule has 1 fully saturated rings. The number of nitrogens with one attached hydrogen (secondary N) is 1. The first-order valence-electron chi connectivity index (χ1n) is 13.1. The van der Waals surface area contributed by atoms with Gasteiger partial charge in [-0.3, -0.25) is 0 Å². The topological polar surface area (TPSA) is 58.9 Å². The van der Waals surface area contributed by atoms with Gasteiger partial charge in [0, 0.05) is 13.1 Å². The highest BCUT2D eigenvalue weighted by Crippen LogP contribution is 2.35. The molecule has 0 spiro atoms. The van der Waals surface area contributed by atoms with Crippen LogP contribution < -0.4 is 5.32 Å². The molecular formula is C28H30Cl2F2N6. The predicted octanol–water partition coefficient (Wildman–Crippen LogP) is 7.35. The Morgan fingerprint density at radius 2 is 1.63 bits per heavy atom. The summed E-state index contributed by atoms with van der Waals surface area (Å²) < 4.78 is 28.9. The molecule has 4 aromatic rings. The molecule has 0 saturated carbocycles. The number of piperidine rings is 1. The molecule has 3 heterocycles. The van der Waals surface area contributed by atoms with Crippen molar-refractivity contribution in [2.24, 2.45) is 0 Å². The first-order valence-corrected chi connectivity index (χ1v) is 13.8. The third kappa shape index (κ3) is 6.25. The third-order valence-corrected chi connectivity index (χ3v) is 7.54. The molecule has 1 aliphatic rings. The van der Waals surface area contributed by atoms with Crippen molar-refractivity contribution < 1.29 is 8.78 Å². The van der Waals surface area contributed by atoms with Crippen LogP contribution in [-0.2, 0) is 13.1 Å². The Kier molecular flexibility index (Phi) is 8.72. The predicted molar refractivity (Wildman–Crippen MR) is 149 cm³/mol. The molecule has 6 nitrogen and oxygen atoms in total. The summed E-state index contributed by atoms with van der Waals surface area (Å²) in [6.07, 6.45) is 8.78. The minimum atomic E-state index is -0.889. The molecule has 2 aromatic heterocycles. The number of aryl methyl sites for hydroxylation is 1. The van der Waals surface area contributed by atoms with E-state index in [1.54, 1.807) is 18.3 Å². The maximum atomic E-state index is 13.6. The fraction of sp³-hybridized carbons (Fsp3) is 0.393. The summed E-state index contributed by atoms with van der Waals surface area (Å²) in [6, 6.07) is 9.19. The lowest BCUT2D eigenvalue weighted by atomic mass is 10.1. The Balaban J connectivity index is 1.37. The summed E-state index contributed by atoms with van der Waals surface area (Å²) in [5.74, 6) is -0.749. The average molecular weight is 559 g/mol. The second-order valence-corrected chi connectivity index (χ2v) is 10.5. The van der Waals surface area contributed by atoms with Gasteiger partial charge in [-0.05, 0) is 75.1 Å². The smallest absolute Gasteiger partial charge is 0.225 e. The second kappa shape index (κ2) is 12.4. The van der Waals surface area contributed by atoms with Gasteiger partial charge in [0.1, 0.15) is 11.3 Å². The Hall–Kier alpha value is -2.81. The molecule has 38 heavy (non-hydrogen) atoms. The summed E-state index contributed by atoms with van der Waals surface area (Å²) in [6.45, 7) is 4.49. The number of likely N-dealkylation sites (tertiary alicyclic amines) is 1. The van der Waals surface area contributed by atoms with Crippen molar-refractivity contribution in [3.8, 4) is 11.4 Å². The minimum Gasteiger partial charge on any atom is -0.350 e. The monoisotopic (exact) mass is 558 g/mol. The number of imidazole rings is 1. The van der Waals surface area contributed by atoms with Gasteiger partial charge in [-0.25, -0.2) is 18.7 Å². The standard InChI is InChI=1S/C28H30Cl2F2N6/c29-20-8-7-9-21(30)25(20)27-35-24-18-34-28(33-17-19-10-11-22(31)23(32)16-19)36-26(24)38(27)15-6-2-5-14-37-12-3-1-4-13-37/h7-11,16,18H,1-6,12-15,17H2,(H,33,34,36). The van der Waals surface area contributed by atoms with Crippen LogP contribution in [0, 0.1) is 11.6 Å². The summed E-state index contributed by atoms with van der Waals surface area (Å²) in [4.78, 5) is 16.5. The number of hydrogen-bond acceptors (Lipinski definition) is 5. The van der Waals surface area contributed by atoms with E-state index in [9.17, 15) is 8.78 Å². The number of benzene rings is 2. The van der Waals surface area contributed by atoms with E-state index in [1.807, 2.05) is 10.6 Å². The van der Waals surface area contributed by atoms with Crippen LogP contribution in [-0.4, -0.2) is 44.1 Å². The van der Waals surface area contributed by atoms with Crippen LogP contribution in [0.15, 0.2) is 42.6 Å². The first-order chi connectivity index (χ1) is 18.5. The molecule has 0 bridgehead atoms. The second-order valence-electron chi connectivity index (χ2n) is 9.65. The molecule has 0 amide bonds. The van der Waals surface area contributed by atoms with Gasteiger partial charge in [0.2, 0.25) is 5.95 Å². The van der Waals surface area contributed by atoms with E-state index in [1.165, 1.54) is 38.4 Å². The molecule has 5 rings (SSSR count). The molecular weight excluding hydrogens is 529 g/mol. The van der Waals surface area contributed by atoms with Crippen molar-refractivity contribution in [3.05, 3.63) is 69.8 Å². The van der Waals surface area contributed by atoms with Crippen LogP contribution in [0.2, 0.25) is 10.0 Å². The van der Waals surface area contributed by atoms with E-state index in [2.05, 4.69) is 15.2 Å². The summed E-state index contributed by atoms with van der Waals surface area (Å²) in [7, 11) is 0. The zero-order valence-corrected chi connectivity index (χ0v) is 22.6. The molecule has 1 saturated heterocycles. The fourth-order valence-electron chi connectivity index (χ4n) is 4.91. The molecule has 0 radical (unpaired) electrons. The van der Waals surface area contributed by atoms with Crippen molar-refractivity contribution in [3.63, 3.8) is 0 Å². The molecule has 2 aromatic carbocycles. The maximum absolute atomic E-state index is 13.6. The van der Waals surface area contributed by atoms with Gasteiger partial charge >= 0.3 is 0 Å². The van der Waals surface area contributed by atoms with Crippen LogP contribution in [0.5, 0.6) is 0 Å². The fourth-order valence-corrected chi connectivity index (χ4v) is 5.48. The number of rotatable bonds is 10.